The Labute approximate surface area is 235 Å². The Morgan fingerprint density at radius 1 is 0.622 bits per heavy atom. The molecule has 0 aliphatic heterocycles. The maximum Gasteiger partial charge on any atom is 0.241 e. The molecule has 0 aliphatic rings. The van der Waals surface area contributed by atoms with Crippen LogP contribution in [0, 0.1) is 34.6 Å². The minimum absolute atomic E-state index is 0. The van der Waals surface area contributed by atoms with E-state index in [0.717, 1.165) is 16.7 Å². The molecule has 4 aromatic rings. The summed E-state index contributed by atoms with van der Waals surface area (Å²) in [7, 11) is -3.71. The zero-order valence-electron chi connectivity index (χ0n) is 22.0. The summed E-state index contributed by atoms with van der Waals surface area (Å²) < 4.78 is 28.6. The fourth-order valence-electron chi connectivity index (χ4n) is 3.93. The number of nitrogens with one attached hydrogen (secondary N) is 1. The van der Waals surface area contributed by atoms with Crippen molar-refractivity contribution in [1.29, 1.82) is 0 Å². The monoisotopic (exact) mass is 602 g/mol. The van der Waals surface area contributed by atoms with Crippen LogP contribution in [0.15, 0.2) is 102 Å². The summed E-state index contributed by atoms with van der Waals surface area (Å²) in [5, 5.41) is 0. The van der Waals surface area contributed by atoms with Crippen molar-refractivity contribution in [1.82, 2.24) is 4.72 Å². The Hall–Kier alpha value is -2.63. The largest absolute Gasteiger partial charge is 0.322 e. The van der Waals surface area contributed by atoms with Gasteiger partial charge in [0.1, 0.15) is 0 Å². The normalized spacial score (nSPS) is 12.5. The van der Waals surface area contributed by atoms with E-state index in [4.69, 9.17) is 5.73 Å². The summed E-state index contributed by atoms with van der Waals surface area (Å²) in [6.45, 7) is 10.5. The van der Waals surface area contributed by atoms with Crippen LogP contribution in [0.25, 0.3) is 0 Å². The van der Waals surface area contributed by atoms with Crippen molar-refractivity contribution in [2.45, 2.75) is 51.6 Å². The van der Waals surface area contributed by atoms with Gasteiger partial charge in [-0.1, -0.05) is 90.5 Å². The second-order valence-corrected chi connectivity index (χ2v) is 11.0. The van der Waals surface area contributed by atoms with E-state index in [9.17, 15) is 8.42 Å². The molecule has 6 heteroatoms. The van der Waals surface area contributed by atoms with Gasteiger partial charge in [-0.2, -0.15) is 0 Å². The number of aryl methyl sites for hydroxylation is 5. The molecule has 0 amide bonds. The minimum Gasteiger partial charge on any atom is -0.322 e. The van der Waals surface area contributed by atoms with Gasteiger partial charge in [-0.15, -0.1) is 0 Å². The summed E-state index contributed by atoms with van der Waals surface area (Å²) in [5.41, 5.74) is 14.7. The van der Waals surface area contributed by atoms with Gasteiger partial charge in [0.25, 0.3) is 0 Å². The number of rotatable bonds is 6. The molecule has 0 saturated carbocycles. The van der Waals surface area contributed by atoms with E-state index in [-0.39, 0.29) is 24.4 Å². The summed E-state index contributed by atoms with van der Waals surface area (Å²) >= 11 is 0. The molecule has 0 unspecified atom stereocenters. The standard InChI is InChI=1S/C21H22N2O2S.C10H14.Ru/c1-16-12-14-19(15-13-16)26(24,25)23-21(18-10-6-3-7-11-18)20(22)17-8-4-2-5-9-17;1-7-5-9(3)10(4)6-8(7)2;/h2-15,20-21,23H,22H2,1H3;5-6H,1-4H3;/t20-,21-;;/m1../s1. The molecule has 0 aromatic heterocycles. The van der Waals surface area contributed by atoms with Gasteiger partial charge in [-0.3, -0.25) is 0 Å². The average Bonchev–Trinajstić information content (AvgIpc) is 2.87. The van der Waals surface area contributed by atoms with Gasteiger partial charge >= 0.3 is 0 Å². The van der Waals surface area contributed by atoms with Gasteiger partial charge < -0.3 is 5.73 Å². The van der Waals surface area contributed by atoms with E-state index in [0.29, 0.717) is 0 Å². The Bertz CT molecular complexity index is 1320. The Kier molecular flexibility index (Phi) is 11.4. The third kappa shape index (κ3) is 8.44. The maximum absolute atomic E-state index is 12.9. The van der Waals surface area contributed by atoms with Gasteiger partial charge in [0.15, 0.2) is 0 Å². The fraction of sp³-hybridized carbons (Fsp3) is 0.226. The molecule has 2 atom stereocenters. The van der Waals surface area contributed by atoms with Crippen LogP contribution in [0.5, 0.6) is 0 Å². The molecule has 0 fully saturated rings. The molecule has 0 bridgehead atoms. The maximum atomic E-state index is 12.9. The van der Waals surface area contributed by atoms with Crippen LogP contribution >= 0.6 is 0 Å². The van der Waals surface area contributed by atoms with Gasteiger partial charge in [-0.25, -0.2) is 13.1 Å². The van der Waals surface area contributed by atoms with E-state index >= 15 is 0 Å². The molecule has 196 valence electrons. The Morgan fingerprint density at radius 2 is 1.03 bits per heavy atom. The van der Waals surface area contributed by atoms with E-state index in [1.807, 2.05) is 67.6 Å². The first-order valence-corrected chi connectivity index (χ1v) is 13.6. The summed E-state index contributed by atoms with van der Waals surface area (Å²) in [4.78, 5) is 0.226. The molecule has 37 heavy (non-hydrogen) atoms. The topological polar surface area (TPSA) is 72.2 Å². The summed E-state index contributed by atoms with van der Waals surface area (Å²) in [6, 6.07) is 29.1. The van der Waals surface area contributed by atoms with E-state index in [2.05, 4.69) is 44.5 Å². The number of hydrogen-bond acceptors (Lipinski definition) is 3. The third-order valence-electron chi connectivity index (χ3n) is 6.43. The van der Waals surface area contributed by atoms with Crippen LogP contribution in [0.4, 0.5) is 0 Å². The molecule has 0 radical (unpaired) electrons. The van der Waals surface area contributed by atoms with Crippen LogP contribution in [0.2, 0.25) is 0 Å². The molecule has 0 heterocycles. The Balaban J connectivity index is 0.000000369. The molecule has 0 aliphatic carbocycles. The molecular weight excluding hydrogens is 565 g/mol. The predicted octanol–water partition coefficient (Wildman–Crippen LogP) is 6.63. The first kappa shape index (κ1) is 30.6. The second-order valence-electron chi connectivity index (χ2n) is 9.28. The first-order chi connectivity index (χ1) is 17.1. The SMILES string of the molecule is Cc1cc(C)c(C)cc1C.Cc1ccc(S(=O)(=O)N[C@H](c2ccccc2)[C@H](N)c2ccccc2)cc1.[Ru]. The smallest absolute Gasteiger partial charge is 0.241 e. The van der Waals surface area contributed by atoms with E-state index in [1.54, 1.807) is 24.3 Å². The second kappa shape index (κ2) is 13.8. The van der Waals surface area contributed by atoms with Crippen molar-refractivity contribution < 1.29 is 27.9 Å². The summed E-state index contributed by atoms with van der Waals surface area (Å²) in [5.74, 6) is 0. The number of benzene rings is 4. The molecule has 0 spiro atoms. The molecular formula is C31H36N2O2RuS. The van der Waals surface area contributed by atoms with Gasteiger partial charge in [0.2, 0.25) is 10.0 Å². The minimum atomic E-state index is -3.71. The van der Waals surface area contributed by atoms with Crippen LogP contribution in [0.1, 0.15) is 51.0 Å². The van der Waals surface area contributed by atoms with E-state index in [1.165, 1.54) is 22.3 Å². The predicted molar refractivity (Wildman–Crippen MR) is 149 cm³/mol. The third-order valence-corrected chi connectivity index (χ3v) is 7.88. The van der Waals surface area contributed by atoms with Crippen LogP contribution in [0.3, 0.4) is 0 Å². The van der Waals surface area contributed by atoms with Gasteiger partial charge in [0.05, 0.1) is 17.0 Å². The zero-order chi connectivity index (χ0) is 26.3. The van der Waals surface area contributed by atoms with Crippen molar-refractivity contribution in [2.75, 3.05) is 0 Å². The summed E-state index contributed by atoms with van der Waals surface area (Å²) in [6.07, 6.45) is 0. The van der Waals surface area contributed by atoms with Crippen molar-refractivity contribution >= 4 is 10.0 Å². The number of hydrogen-bond donors (Lipinski definition) is 2. The van der Waals surface area contributed by atoms with Gasteiger partial charge in [-0.05, 0) is 80.1 Å². The van der Waals surface area contributed by atoms with Crippen LogP contribution < -0.4 is 10.5 Å². The quantitative estimate of drug-likeness (QED) is 0.244. The average molecular weight is 602 g/mol. The first-order valence-electron chi connectivity index (χ1n) is 12.1. The van der Waals surface area contributed by atoms with Crippen molar-refractivity contribution in [3.63, 3.8) is 0 Å². The van der Waals surface area contributed by atoms with Crippen molar-refractivity contribution in [2.24, 2.45) is 5.73 Å². The van der Waals surface area contributed by atoms with Crippen molar-refractivity contribution in [3.05, 3.63) is 136 Å². The molecule has 3 N–H and O–H groups in total. The fourth-order valence-corrected chi connectivity index (χ4v) is 5.18. The molecule has 4 aromatic carbocycles. The zero-order valence-corrected chi connectivity index (χ0v) is 24.6. The number of nitrogens with two attached hydrogens (primary N) is 1. The number of sulfonamides is 1. The van der Waals surface area contributed by atoms with Crippen molar-refractivity contribution in [3.8, 4) is 0 Å². The van der Waals surface area contributed by atoms with Crippen LogP contribution in [-0.4, -0.2) is 8.42 Å². The Morgan fingerprint density at radius 3 is 1.46 bits per heavy atom. The molecule has 4 rings (SSSR count). The molecule has 4 nitrogen and oxygen atoms in total. The van der Waals surface area contributed by atoms with Gasteiger partial charge in [0, 0.05) is 19.5 Å². The van der Waals surface area contributed by atoms with Crippen LogP contribution in [-0.2, 0) is 29.5 Å². The van der Waals surface area contributed by atoms with E-state index < -0.39 is 22.1 Å². The molecule has 0 saturated heterocycles.